The van der Waals surface area contributed by atoms with Crippen LogP contribution in [0, 0.1) is 5.82 Å². The van der Waals surface area contributed by atoms with Gasteiger partial charge in [0.15, 0.2) is 5.82 Å². The van der Waals surface area contributed by atoms with Gasteiger partial charge in [0.05, 0.1) is 11.0 Å². The molecule has 0 saturated heterocycles. The Balaban J connectivity index is 1.45. The Morgan fingerprint density at radius 1 is 0.472 bits per heavy atom. The summed E-state index contributed by atoms with van der Waals surface area (Å²) in [7, 11) is 0. The molecule has 0 bridgehead atoms. The predicted octanol–water partition coefficient (Wildman–Crippen LogP) is 12.8. The molecular weight excluding hydrogens is 650 g/mol. The van der Waals surface area contributed by atoms with Crippen LogP contribution in [0.4, 0.5) is 4.39 Å². The summed E-state index contributed by atoms with van der Waals surface area (Å²) in [5.74, 6) is -0.0103. The van der Waals surface area contributed by atoms with Gasteiger partial charge in [0.25, 0.3) is 0 Å². The molecule has 10 aromatic rings. The molecule has 8 aromatic carbocycles. The van der Waals surface area contributed by atoms with Crippen LogP contribution in [-0.4, -0.2) is 14.5 Å². The molecule has 0 unspecified atom stereocenters. The van der Waals surface area contributed by atoms with Gasteiger partial charge in [-0.1, -0.05) is 172 Å². The van der Waals surface area contributed by atoms with Crippen LogP contribution >= 0.6 is 0 Å². The second-order valence-corrected chi connectivity index (χ2v) is 14.6. The Bertz CT molecular complexity index is 3080. The van der Waals surface area contributed by atoms with Gasteiger partial charge in [0.1, 0.15) is 11.4 Å². The first-order valence-electron chi connectivity index (χ1n) is 18.1. The molecule has 0 saturated carbocycles. The first-order valence-corrected chi connectivity index (χ1v) is 18.1. The lowest BCUT2D eigenvalue weighted by Gasteiger charge is -2.24. The highest BCUT2D eigenvalue weighted by atomic mass is 19.1. The molecule has 0 N–H and O–H groups in total. The lowest BCUT2D eigenvalue weighted by Crippen LogP contribution is -2.15. The van der Waals surface area contributed by atoms with Crippen LogP contribution in [0.2, 0.25) is 0 Å². The van der Waals surface area contributed by atoms with Gasteiger partial charge in [-0.2, -0.15) is 0 Å². The smallest absolute Gasteiger partial charge is 0.236 e. The zero-order chi connectivity index (χ0) is 35.4. The summed E-state index contributed by atoms with van der Waals surface area (Å²) >= 11 is 0. The third-order valence-electron chi connectivity index (χ3n) is 11.4. The first kappa shape index (κ1) is 30.0. The number of halogens is 1. The average Bonchev–Trinajstić information content (AvgIpc) is 3.69. The minimum absolute atomic E-state index is 0.242. The van der Waals surface area contributed by atoms with E-state index in [0.29, 0.717) is 17.1 Å². The quantitative estimate of drug-likeness (QED) is 0.174. The van der Waals surface area contributed by atoms with Crippen molar-refractivity contribution in [2.24, 2.45) is 0 Å². The van der Waals surface area contributed by atoms with Crippen LogP contribution < -0.4 is 0 Å². The Morgan fingerprint density at radius 2 is 0.925 bits per heavy atom. The Hall–Kier alpha value is -6.65. The fourth-order valence-corrected chi connectivity index (χ4v) is 9.23. The fraction of sp³-hybridized carbons (Fsp3) is 0.0612. The summed E-state index contributed by atoms with van der Waals surface area (Å²) in [6.45, 7) is 4.70. The van der Waals surface area contributed by atoms with Crippen molar-refractivity contribution in [3.05, 3.63) is 175 Å². The van der Waals surface area contributed by atoms with E-state index in [0.717, 1.165) is 32.6 Å². The van der Waals surface area contributed by atoms with Gasteiger partial charge in [-0.05, 0) is 43.8 Å². The summed E-state index contributed by atoms with van der Waals surface area (Å²) in [5, 5.41) is 9.23. The number of nitrogens with zero attached hydrogens (tertiary/aromatic N) is 3. The average molecular weight is 682 g/mol. The molecule has 0 radical (unpaired) electrons. The van der Waals surface area contributed by atoms with Crippen molar-refractivity contribution in [2.75, 3.05) is 0 Å². The highest BCUT2D eigenvalue weighted by Gasteiger charge is 2.40. The largest absolute Gasteiger partial charge is 0.277 e. The summed E-state index contributed by atoms with van der Waals surface area (Å²) in [4.78, 5) is 10.4. The molecule has 1 aliphatic rings. The second-order valence-electron chi connectivity index (χ2n) is 14.6. The monoisotopic (exact) mass is 681 g/mol. The van der Waals surface area contributed by atoms with Crippen LogP contribution in [0.5, 0.6) is 0 Å². The zero-order valence-electron chi connectivity index (χ0n) is 29.2. The van der Waals surface area contributed by atoms with Crippen LogP contribution in [0.1, 0.15) is 25.0 Å². The van der Waals surface area contributed by atoms with Gasteiger partial charge in [-0.3, -0.25) is 4.57 Å². The van der Waals surface area contributed by atoms with Gasteiger partial charge < -0.3 is 0 Å². The van der Waals surface area contributed by atoms with Crippen molar-refractivity contribution >= 4 is 54.1 Å². The van der Waals surface area contributed by atoms with Gasteiger partial charge in [-0.25, -0.2) is 14.4 Å². The van der Waals surface area contributed by atoms with Crippen LogP contribution in [0.15, 0.2) is 158 Å². The summed E-state index contributed by atoms with van der Waals surface area (Å²) < 4.78 is 19.1. The molecule has 0 amide bonds. The van der Waals surface area contributed by atoms with Crippen molar-refractivity contribution < 1.29 is 4.39 Å². The Morgan fingerprint density at radius 3 is 1.55 bits per heavy atom. The van der Waals surface area contributed by atoms with Crippen molar-refractivity contribution in [3.8, 4) is 39.6 Å². The van der Waals surface area contributed by atoms with E-state index in [1.165, 1.54) is 43.8 Å². The molecule has 4 heteroatoms. The highest BCUT2D eigenvalue weighted by molar-refractivity contribution is 6.37. The minimum Gasteiger partial charge on any atom is -0.277 e. The SMILES string of the molecule is CC1(C)c2ccccc2-c2c1c1ccccc1c1c2c2c3ccccc3c3ccccc3c2n1-c1nc(-c2ccccc2)c(F)c(-c2ccccc2)n1. The third kappa shape index (κ3) is 4.03. The number of hydrogen-bond donors (Lipinski definition) is 0. The first-order chi connectivity index (χ1) is 26.0. The van der Waals surface area contributed by atoms with E-state index in [2.05, 4.69) is 115 Å². The van der Waals surface area contributed by atoms with E-state index in [-0.39, 0.29) is 16.8 Å². The Kier molecular flexibility index (Phi) is 6.19. The number of aromatic nitrogens is 3. The molecule has 1 aliphatic carbocycles. The molecule has 53 heavy (non-hydrogen) atoms. The molecule has 2 heterocycles. The fourth-order valence-electron chi connectivity index (χ4n) is 9.23. The molecule has 0 aliphatic heterocycles. The van der Waals surface area contributed by atoms with Crippen LogP contribution in [-0.2, 0) is 5.41 Å². The van der Waals surface area contributed by atoms with E-state index < -0.39 is 5.82 Å². The summed E-state index contributed by atoms with van der Waals surface area (Å²) in [5.41, 5.74) is 8.86. The van der Waals surface area contributed by atoms with Crippen molar-refractivity contribution in [1.82, 2.24) is 14.5 Å². The van der Waals surface area contributed by atoms with Crippen molar-refractivity contribution in [1.29, 1.82) is 0 Å². The number of benzene rings is 8. The maximum Gasteiger partial charge on any atom is 0.236 e. The molecule has 250 valence electrons. The lowest BCUT2D eigenvalue weighted by atomic mass is 9.79. The predicted molar refractivity (Wildman–Crippen MR) is 217 cm³/mol. The minimum atomic E-state index is -0.441. The maximum absolute atomic E-state index is 16.9. The number of rotatable bonds is 3. The molecule has 2 aromatic heterocycles. The van der Waals surface area contributed by atoms with Gasteiger partial charge in [0, 0.05) is 38.1 Å². The molecule has 0 atom stereocenters. The van der Waals surface area contributed by atoms with E-state index >= 15 is 4.39 Å². The topological polar surface area (TPSA) is 30.7 Å². The summed E-state index contributed by atoms with van der Waals surface area (Å²) in [6, 6.07) is 54.2. The third-order valence-corrected chi connectivity index (χ3v) is 11.4. The second kappa shape index (κ2) is 10.9. The van der Waals surface area contributed by atoms with Gasteiger partial charge in [0.2, 0.25) is 5.95 Å². The van der Waals surface area contributed by atoms with E-state index in [1.807, 2.05) is 60.7 Å². The van der Waals surface area contributed by atoms with Gasteiger partial charge >= 0.3 is 0 Å². The van der Waals surface area contributed by atoms with E-state index in [4.69, 9.17) is 9.97 Å². The Labute approximate surface area is 305 Å². The summed E-state index contributed by atoms with van der Waals surface area (Å²) in [6.07, 6.45) is 0. The van der Waals surface area contributed by atoms with Crippen molar-refractivity contribution in [3.63, 3.8) is 0 Å². The van der Waals surface area contributed by atoms with Crippen LogP contribution in [0.3, 0.4) is 0 Å². The van der Waals surface area contributed by atoms with Crippen LogP contribution in [0.25, 0.3) is 93.7 Å². The van der Waals surface area contributed by atoms with Gasteiger partial charge in [-0.15, -0.1) is 0 Å². The molecule has 0 spiro atoms. The highest BCUT2D eigenvalue weighted by Crippen LogP contribution is 2.57. The van der Waals surface area contributed by atoms with E-state index in [1.54, 1.807) is 0 Å². The van der Waals surface area contributed by atoms with Crippen molar-refractivity contribution in [2.45, 2.75) is 19.3 Å². The normalized spacial score (nSPS) is 13.3. The zero-order valence-corrected chi connectivity index (χ0v) is 29.2. The molecule has 0 fully saturated rings. The molecule has 3 nitrogen and oxygen atoms in total. The molecular formula is C49H32FN3. The maximum atomic E-state index is 16.9. The lowest BCUT2D eigenvalue weighted by molar-refractivity contribution is 0.621. The molecule has 11 rings (SSSR count). The number of hydrogen-bond acceptors (Lipinski definition) is 2. The number of fused-ring (bicyclic) bond motifs is 15. The van der Waals surface area contributed by atoms with E-state index in [9.17, 15) is 0 Å². The standard InChI is InChI=1S/C49H32FN3/c1-49(2)38-28-16-15-27-37(38)39-41-40-33-23-11-9-21-31(33)32-22-10-13-25-35(32)46(40)53(47(41)36-26-14-12-24-34(36)42(39)49)48-51-44(29-17-5-3-6-18-29)43(50)45(52-48)30-19-7-4-8-20-30/h3-28H,1-2H3.